The highest BCUT2D eigenvalue weighted by molar-refractivity contribution is 14.1. The Morgan fingerprint density at radius 1 is 1.20 bits per heavy atom. The summed E-state index contributed by atoms with van der Waals surface area (Å²) < 4.78 is 22.2. The number of amides is 1. The van der Waals surface area contributed by atoms with E-state index >= 15 is 0 Å². The minimum Gasteiger partial charge on any atom is -0.455 e. The number of nitrogens with two attached hydrogens (primary N) is 1. The van der Waals surface area contributed by atoms with Crippen LogP contribution in [0.1, 0.15) is 10.4 Å². The molecule has 0 radical (unpaired) electrons. The standard InChI is InChI=1S/C21H16FIN4O3/c1-27-18(28)10-17(30-16-4-2-3-14-12(16)7-8-25-14)19(20(24)29)21(27)26-15-6-5-11(23)9-13(15)22/h2-10,25-26H,1H3,(H2,24,29). The van der Waals surface area contributed by atoms with Gasteiger partial charge in [0.25, 0.3) is 11.5 Å². The SMILES string of the molecule is Cn1c(Nc2ccc(I)cc2F)c(C(N)=O)c(Oc2cccc3[nH]ccc23)cc1=O. The topological polar surface area (TPSA) is 102 Å². The molecule has 0 aliphatic heterocycles. The molecule has 4 N–H and O–H groups in total. The second kappa shape index (κ2) is 7.82. The first-order valence-corrected chi connectivity index (χ1v) is 9.93. The highest BCUT2D eigenvalue weighted by Crippen LogP contribution is 2.34. The zero-order valence-electron chi connectivity index (χ0n) is 15.7. The molecule has 4 rings (SSSR count). The molecule has 0 atom stereocenters. The van der Waals surface area contributed by atoms with Gasteiger partial charge in [-0.15, -0.1) is 0 Å². The van der Waals surface area contributed by atoms with E-state index < -0.39 is 17.3 Å². The molecule has 2 aromatic carbocycles. The van der Waals surface area contributed by atoms with Crippen molar-refractivity contribution < 1.29 is 13.9 Å². The van der Waals surface area contributed by atoms with E-state index in [1.807, 2.05) is 34.7 Å². The van der Waals surface area contributed by atoms with Crippen molar-refractivity contribution in [3.8, 4) is 11.5 Å². The molecule has 30 heavy (non-hydrogen) atoms. The predicted molar refractivity (Wildman–Crippen MR) is 121 cm³/mol. The Hall–Kier alpha value is -3.34. The maximum absolute atomic E-state index is 14.4. The van der Waals surface area contributed by atoms with Crippen molar-refractivity contribution in [3.63, 3.8) is 0 Å². The lowest BCUT2D eigenvalue weighted by atomic mass is 10.2. The van der Waals surface area contributed by atoms with Gasteiger partial charge in [-0.25, -0.2) is 4.39 Å². The number of pyridine rings is 1. The third kappa shape index (κ3) is 3.63. The number of hydrogen-bond acceptors (Lipinski definition) is 4. The molecule has 0 aliphatic rings. The van der Waals surface area contributed by atoms with Crippen LogP contribution in [0.4, 0.5) is 15.9 Å². The van der Waals surface area contributed by atoms with Crippen molar-refractivity contribution in [2.75, 3.05) is 5.32 Å². The highest BCUT2D eigenvalue weighted by atomic mass is 127. The molecule has 0 bridgehead atoms. The number of anilines is 2. The Kier molecular flexibility index (Phi) is 5.20. The first-order chi connectivity index (χ1) is 14.3. The summed E-state index contributed by atoms with van der Waals surface area (Å²) in [4.78, 5) is 27.9. The molecule has 0 saturated carbocycles. The van der Waals surface area contributed by atoms with Crippen LogP contribution >= 0.6 is 22.6 Å². The molecule has 152 valence electrons. The van der Waals surface area contributed by atoms with Gasteiger partial charge >= 0.3 is 0 Å². The molecule has 7 nitrogen and oxygen atoms in total. The van der Waals surface area contributed by atoms with Crippen molar-refractivity contribution in [2.45, 2.75) is 0 Å². The number of nitrogens with one attached hydrogen (secondary N) is 2. The van der Waals surface area contributed by atoms with Gasteiger partial charge < -0.3 is 20.8 Å². The first-order valence-electron chi connectivity index (χ1n) is 8.85. The molecule has 2 aromatic heterocycles. The van der Waals surface area contributed by atoms with Crippen molar-refractivity contribution in [1.29, 1.82) is 0 Å². The van der Waals surface area contributed by atoms with Crippen LogP contribution in [-0.2, 0) is 7.05 Å². The summed E-state index contributed by atoms with van der Waals surface area (Å²) in [5.74, 6) is -0.904. The number of aromatic nitrogens is 2. The lowest BCUT2D eigenvalue weighted by molar-refractivity contribution is 0.0998. The van der Waals surface area contributed by atoms with E-state index in [2.05, 4.69) is 10.3 Å². The van der Waals surface area contributed by atoms with Gasteiger partial charge in [0.1, 0.15) is 28.7 Å². The van der Waals surface area contributed by atoms with Gasteiger partial charge in [0, 0.05) is 33.8 Å². The van der Waals surface area contributed by atoms with Crippen LogP contribution in [0.15, 0.2) is 59.5 Å². The first kappa shape index (κ1) is 20.0. The monoisotopic (exact) mass is 518 g/mol. The van der Waals surface area contributed by atoms with Crippen molar-refractivity contribution in [1.82, 2.24) is 9.55 Å². The summed E-state index contributed by atoms with van der Waals surface area (Å²) in [5, 5.41) is 3.58. The van der Waals surface area contributed by atoms with Gasteiger partial charge in [-0.1, -0.05) is 6.07 Å². The number of nitrogens with zero attached hydrogens (tertiary/aromatic N) is 1. The number of H-pyrrole nitrogens is 1. The molecule has 0 fully saturated rings. The van der Waals surface area contributed by atoms with E-state index in [0.717, 1.165) is 10.9 Å². The fourth-order valence-electron chi connectivity index (χ4n) is 3.12. The Bertz CT molecular complexity index is 1350. The maximum Gasteiger partial charge on any atom is 0.256 e. The van der Waals surface area contributed by atoms with Crippen molar-refractivity contribution in [3.05, 3.63) is 80.0 Å². The van der Waals surface area contributed by atoms with Crippen LogP contribution in [0.5, 0.6) is 11.5 Å². The number of aromatic amines is 1. The van der Waals surface area contributed by atoms with E-state index in [9.17, 15) is 14.0 Å². The van der Waals surface area contributed by atoms with Crippen LogP contribution in [0, 0.1) is 9.39 Å². The molecular formula is C21H16FIN4O3. The summed E-state index contributed by atoms with van der Waals surface area (Å²) >= 11 is 1.99. The molecule has 1 amide bonds. The average molecular weight is 518 g/mol. The Balaban J connectivity index is 1.86. The molecule has 0 spiro atoms. The summed E-state index contributed by atoms with van der Waals surface area (Å²) in [5.41, 5.74) is 6.03. The van der Waals surface area contributed by atoms with Crippen molar-refractivity contribution in [2.24, 2.45) is 12.8 Å². The average Bonchev–Trinajstić information content (AvgIpc) is 3.17. The number of halogens is 2. The molecular weight excluding hydrogens is 502 g/mol. The van der Waals surface area contributed by atoms with Gasteiger partial charge in [0.15, 0.2) is 0 Å². The minimum atomic E-state index is -0.824. The van der Waals surface area contributed by atoms with Gasteiger partial charge in [0.05, 0.1) is 5.69 Å². The number of benzene rings is 2. The zero-order valence-corrected chi connectivity index (χ0v) is 17.9. The van der Waals surface area contributed by atoms with Crippen molar-refractivity contribution >= 4 is 50.9 Å². The van der Waals surface area contributed by atoms with Gasteiger partial charge in [-0.2, -0.15) is 0 Å². The van der Waals surface area contributed by atoms with Crippen LogP contribution < -0.4 is 21.3 Å². The number of fused-ring (bicyclic) bond motifs is 1. The van der Waals surface area contributed by atoms with E-state index in [4.69, 9.17) is 10.5 Å². The predicted octanol–water partition coefficient (Wildman–Crippen LogP) is 4.25. The van der Waals surface area contributed by atoms with Gasteiger partial charge in [0.2, 0.25) is 0 Å². The smallest absolute Gasteiger partial charge is 0.256 e. The molecule has 2 heterocycles. The number of carbonyl (C=O) groups is 1. The highest BCUT2D eigenvalue weighted by Gasteiger charge is 2.22. The maximum atomic E-state index is 14.4. The Morgan fingerprint density at radius 3 is 2.73 bits per heavy atom. The van der Waals surface area contributed by atoms with Crippen LogP contribution in [0.2, 0.25) is 0 Å². The van der Waals surface area contributed by atoms with Gasteiger partial charge in [-0.3, -0.25) is 14.2 Å². The van der Waals surface area contributed by atoms with E-state index in [1.165, 1.54) is 29.8 Å². The summed E-state index contributed by atoms with van der Waals surface area (Å²) in [6.45, 7) is 0. The lowest BCUT2D eigenvalue weighted by Crippen LogP contribution is -2.25. The molecule has 0 aliphatic carbocycles. The summed E-state index contributed by atoms with van der Waals surface area (Å²) in [6, 6.07) is 12.9. The normalized spacial score (nSPS) is 10.9. The fourth-order valence-corrected chi connectivity index (χ4v) is 3.58. The number of ether oxygens (including phenoxy) is 1. The Morgan fingerprint density at radius 2 is 2.00 bits per heavy atom. The van der Waals surface area contributed by atoms with Crippen LogP contribution in [0.25, 0.3) is 10.9 Å². The second-order valence-electron chi connectivity index (χ2n) is 6.54. The number of primary amides is 1. The zero-order chi connectivity index (χ0) is 21.4. The fraction of sp³-hybridized carbons (Fsp3) is 0.0476. The summed E-state index contributed by atoms with van der Waals surface area (Å²) in [7, 11) is 1.46. The quantitative estimate of drug-likeness (QED) is 0.344. The molecule has 4 aromatic rings. The third-order valence-electron chi connectivity index (χ3n) is 4.61. The van der Waals surface area contributed by atoms with E-state index in [0.29, 0.717) is 9.32 Å². The lowest BCUT2D eigenvalue weighted by Gasteiger charge is -2.18. The number of rotatable bonds is 5. The number of hydrogen-bond donors (Lipinski definition) is 3. The van der Waals surface area contributed by atoms with Gasteiger partial charge in [-0.05, 0) is 59.0 Å². The molecule has 9 heteroatoms. The second-order valence-corrected chi connectivity index (χ2v) is 7.79. The minimum absolute atomic E-state index is 0.0206. The Labute approximate surface area is 183 Å². The van der Waals surface area contributed by atoms with Crippen LogP contribution in [0.3, 0.4) is 0 Å². The van der Waals surface area contributed by atoms with Crippen LogP contribution in [-0.4, -0.2) is 15.5 Å². The third-order valence-corrected chi connectivity index (χ3v) is 5.28. The summed E-state index contributed by atoms with van der Waals surface area (Å²) in [6.07, 6.45) is 1.75. The number of carbonyl (C=O) groups excluding carboxylic acids is 1. The largest absolute Gasteiger partial charge is 0.455 e. The van der Waals surface area contributed by atoms with E-state index in [1.54, 1.807) is 24.4 Å². The molecule has 0 unspecified atom stereocenters. The molecule has 0 saturated heterocycles. The van der Waals surface area contributed by atoms with E-state index in [-0.39, 0.29) is 22.8 Å².